The number of benzene rings is 1. The number of hydrogen-bond donors (Lipinski definition) is 1. The maximum Gasteiger partial charge on any atom is 0.225 e. The van der Waals surface area contributed by atoms with E-state index in [1.165, 1.54) is 23.5 Å². The molecule has 162 valence electrons. The molecule has 0 amide bonds. The summed E-state index contributed by atoms with van der Waals surface area (Å²) in [5, 5.41) is 0.526. The van der Waals surface area contributed by atoms with Crippen LogP contribution in [0.25, 0.3) is 11.1 Å². The quantitative estimate of drug-likeness (QED) is 0.578. The van der Waals surface area contributed by atoms with Gasteiger partial charge in [-0.1, -0.05) is 17.8 Å². The topological polar surface area (TPSA) is 82.6 Å². The van der Waals surface area contributed by atoms with Gasteiger partial charge in [0.05, 0.1) is 0 Å². The molecule has 0 unspecified atom stereocenters. The van der Waals surface area contributed by atoms with Gasteiger partial charge in [0.1, 0.15) is 11.3 Å². The second kappa shape index (κ2) is 7.56. The number of ether oxygens (including phenoxy) is 2. The molecule has 2 N–H and O–H groups in total. The number of halogens is 1. The Kier molecular flexibility index (Phi) is 4.66. The number of nitrogens with two attached hydrogens (primary N) is 1. The fourth-order valence-corrected chi connectivity index (χ4v) is 5.72. The van der Waals surface area contributed by atoms with Crippen molar-refractivity contribution in [2.24, 2.45) is 10.7 Å². The number of pyridine rings is 2. The zero-order chi connectivity index (χ0) is 21.7. The molecule has 2 aromatic heterocycles. The average Bonchev–Trinajstić information content (AvgIpc) is 3.22. The van der Waals surface area contributed by atoms with E-state index < -0.39 is 11.5 Å². The molecule has 0 aliphatic carbocycles. The van der Waals surface area contributed by atoms with Crippen LogP contribution in [0.1, 0.15) is 35.4 Å². The van der Waals surface area contributed by atoms with Gasteiger partial charge in [0.2, 0.25) is 11.8 Å². The predicted octanol–water partition coefficient (Wildman–Crippen LogP) is 4.59. The summed E-state index contributed by atoms with van der Waals surface area (Å²) in [6.45, 7) is 1.51. The number of fused-ring (bicyclic) bond motifs is 4. The second-order valence-electron chi connectivity index (χ2n) is 8.26. The van der Waals surface area contributed by atoms with Crippen LogP contribution in [0.2, 0.25) is 0 Å². The molecule has 1 atom stereocenters. The van der Waals surface area contributed by atoms with Crippen LogP contribution in [0, 0.1) is 5.95 Å². The van der Waals surface area contributed by atoms with Gasteiger partial charge < -0.3 is 15.2 Å². The molecule has 6 nitrogen and oxygen atoms in total. The van der Waals surface area contributed by atoms with Crippen LogP contribution in [0.4, 0.5) is 4.39 Å². The molecule has 0 saturated carbocycles. The van der Waals surface area contributed by atoms with Crippen molar-refractivity contribution in [1.29, 1.82) is 0 Å². The van der Waals surface area contributed by atoms with Gasteiger partial charge in [0.15, 0.2) is 5.17 Å². The van der Waals surface area contributed by atoms with Gasteiger partial charge in [0, 0.05) is 48.1 Å². The van der Waals surface area contributed by atoms with Crippen LogP contribution < -0.4 is 10.5 Å². The Bertz CT molecular complexity index is 1240. The molecule has 0 bridgehead atoms. The Morgan fingerprint density at radius 3 is 2.75 bits per heavy atom. The van der Waals surface area contributed by atoms with Gasteiger partial charge in [-0.05, 0) is 60.2 Å². The van der Waals surface area contributed by atoms with Gasteiger partial charge in [-0.15, -0.1) is 0 Å². The summed E-state index contributed by atoms with van der Waals surface area (Å²) in [7, 11) is 0. The summed E-state index contributed by atoms with van der Waals surface area (Å²) in [6.07, 6.45) is 5.28. The lowest BCUT2D eigenvalue weighted by Crippen LogP contribution is -2.31. The first-order chi connectivity index (χ1) is 15.6. The summed E-state index contributed by atoms with van der Waals surface area (Å²) < 4.78 is 26.2. The highest BCUT2D eigenvalue weighted by molar-refractivity contribution is 8.14. The number of rotatable bonds is 2. The summed E-state index contributed by atoms with van der Waals surface area (Å²) >= 11 is 1.51. The van der Waals surface area contributed by atoms with Crippen molar-refractivity contribution in [2.45, 2.75) is 24.3 Å². The SMILES string of the molecule is NC1=N[C@@]2(CS1)c1cc(-c3cccnc3F)ccc1Oc1ncc(C3CCOCC3)cc12. The Balaban J connectivity index is 1.51. The van der Waals surface area contributed by atoms with Crippen molar-refractivity contribution in [2.75, 3.05) is 19.0 Å². The monoisotopic (exact) mass is 448 g/mol. The van der Waals surface area contributed by atoms with E-state index in [1.807, 2.05) is 24.4 Å². The fraction of sp³-hybridized carbons (Fsp3) is 0.292. The molecular formula is C24H21FN4O2S. The van der Waals surface area contributed by atoms with E-state index in [1.54, 1.807) is 12.1 Å². The van der Waals surface area contributed by atoms with E-state index in [-0.39, 0.29) is 0 Å². The molecule has 1 spiro atoms. The normalized spacial score (nSPS) is 22.2. The molecule has 3 aliphatic heterocycles. The van der Waals surface area contributed by atoms with E-state index in [2.05, 4.69) is 16.0 Å². The van der Waals surface area contributed by atoms with Gasteiger partial charge >= 0.3 is 0 Å². The largest absolute Gasteiger partial charge is 0.438 e. The molecular weight excluding hydrogens is 427 g/mol. The van der Waals surface area contributed by atoms with E-state index in [9.17, 15) is 4.39 Å². The van der Waals surface area contributed by atoms with Crippen LogP contribution >= 0.6 is 11.8 Å². The number of hydrogen-bond acceptors (Lipinski definition) is 7. The molecule has 5 heterocycles. The number of amidine groups is 1. The fourth-order valence-electron chi connectivity index (χ4n) is 4.77. The molecule has 32 heavy (non-hydrogen) atoms. The molecule has 1 aromatic carbocycles. The Morgan fingerprint density at radius 1 is 1.09 bits per heavy atom. The third-order valence-electron chi connectivity index (χ3n) is 6.44. The maximum absolute atomic E-state index is 14.4. The molecule has 8 heteroatoms. The number of aromatic nitrogens is 2. The van der Waals surface area contributed by atoms with Crippen molar-refractivity contribution in [3.8, 4) is 22.8 Å². The maximum atomic E-state index is 14.4. The lowest BCUT2D eigenvalue weighted by Gasteiger charge is -2.35. The summed E-state index contributed by atoms with van der Waals surface area (Å²) in [4.78, 5) is 13.4. The standard InChI is InChI=1S/C24H21FN4O2S/c25-21-17(2-1-7-27-21)15-3-4-20-18(10-15)24(13-32-23(26)29-24)19-11-16(12-28-22(19)31-20)14-5-8-30-9-6-14/h1-4,7,10-12,14H,5-6,8-9,13H2,(H2,26,29)/t24-/m0/s1. The lowest BCUT2D eigenvalue weighted by atomic mass is 9.80. The Morgan fingerprint density at radius 2 is 1.97 bits per heavy atom. The van der Waals surface area contributed by atoms with Crippen LogP contribution in [0.15, 0.2) is 53.8 Å². The van der Waals surface area contributed by atoms with Crippen molar-refractivity contribution >= 4 is 16.9 Å². The molecule has 0 radical (unpaired) electrons. The minimum absolute atomic E-state index is 0.395. The van der Waals surface area contributed by atoms with Crippen LogP contribution in [-0.4, -0.2) is 34.1 Å². The number of nitrogens with zero attached hydrogens (tertiary/aromatic N) is 3. The van der Waals surface area contributed by atoms with Crippen molar-refractivity contribution in [3.05, 3.63) is 71.4 Å². The van der Waals surface area contributed by atoms with Gasteiger partial charge in [-0.3, -0.25) is 0 Å². The third-order valence-corrected chi connectivity index (χ3v) is 7.39. The summed E-state index contributed by atoms with van der Waals surface area (Å²) in [5.41, 5.74) is 9.55. The summed E-state index contributed by atoms with van der Waals surface area (Å²) in [6, 6.07) is 11.3. The van der Waals surface area contributed by atoms with Crippen molar-refractivity contribution < 1.29 is 13.9 Å². The third kappa shape index (κ3) is 3.09. The van der Waals surface area contributed by atoms with Gasteiger partial charge in [-0.2, -0.15) is 4.39 Å². The van der Waals surface area contributed by atoms with Gasteiger partial charge in [0.25, 0.3) is 0 Å². The first-order valence-corrected chi connectivity index (χ1v) is 11.6. The van der Waals surface area contributed by atoms with E-state index in [0.29, 0.717) is 34.0 Å². The molecule has 3 aliphatic rings. The van der Waals surface area contributed by atoms with Gasteiger partial charge in [-0.25, -0.2) is 15.0 Å². The highest BCUT2D eigenvalue weighted by Gasteiger charge is 2.47. The first-order valence-electron chi connectivity index (χ1n) is 10.6. The van der Waals surface area contributed by atoms with E-state index >= 15 is 0 Å². The Hall–Kier alpha value is -2.97. The van der Waals surface area contributed by atoms with E-state index in [0.717, 1.165) is 42.7 Å². The average molecular weight is 449 g/mol. The zero-order valence-electron chi connectivity index (χ0n) is 17.3. The molecule has 3 aromatic rings. The highest BCUT2D eigenvalue weighted by atomic mass is 32.2. The predicted molar refractivity (Wildman–Crippen MR) is 122 cm³/mol. The van der Waals surface area contributed by atoms with E-state index in [4.69, 9.17) is 20.2 Å². The molecule has 1 saturated heterocycles. The number of thioether (sulfide) groups is 1. The lowest BCUT2D eigenvalue weighted by molar-refractivity contribution is 0.0852. The van der Waals surface area contributed by atoms with Crippen LogP contribution in [-0.2, 0) is 10.3 Å². The zero-order valence-corrected chi connectivity index (χ0v) is 18.1. The smallest absolute Gasteiger partial charge is 0.225 e. The summed E-state index contributed by atoms with van der Waals surface area (Å²) in [5.74, 6) is 1.74. The molecule has 6 rings (SSSR count). The van der Waals surface area contributed by atoms with Crippen molar-refractivity contribution in [1.82, 2.24) is 9.97 Å². The van der Waals surface area contributed by atoms with Crippen LogP contribution in [0.3, 0.4) is 0 Å². The minimum atomic E-state index is -0.722. The first kappa shape index (κ1) is 19.7. The molecule has 1 fully saturated rings. The second-order valence-corrected chi connectivity index (χ2v) is 9.26. The highest BCUT2D eigenvalue weighted by Crippen LogP contribution is 2.53. The minimum Gasteiger partial charge on any atom is -0.438 e. The number of aliphatic imine (C=N–C) groups is 1. The van der Waals surface area contributed by atoms with Crippen molar-refractivity contribution in [3.63, 3.8) is 0 Å². The Labute approximate surface area is 189 Å². The van der Waals surface area contributed by atoms with Crippen LogP contribution in [0.5, 0.6) is 11.6 Å².